The van der Waals surface area contributed by atoms with Crippen LogP contribution in [0.3, 0.4) is 0 Å². The molecule has 0 saturated carbocycles. The predicted molar refractivity (Wildman–Crippen MR) is 44.9 cm³/mol. The number of aliphatic hydroxyl groups excluding tert-OH is 1. The van der Waals surface area contributed by atoms with Crippen LogP contribution in [0.4, 0.5) is 0 Å². The van der Waals surface area contributed by atoms with Gasteiger partial charge in [0.15, 0.2) is 0 Å². The highest BCUT2D eigenvalue weighted by molar-refractivity contribution is 6.34. The molecule has 1 atom stereocenters. The minimum absolute atomic E-state index is 0.333. The Kier molecular flexibility index (Phi) is 2.71. The summed E-state index contributed by atoms with van der Waals surface area (Å²) in [6, 6.07) is 1.51. The molecule has 1 aromatic rings. The van der Waals surface area contributed by atoms with E-state index in [1.165, 1.54) is 12.3 Å². The van der Waals surface area contributed by atoms with E-state index in [0.29, 0.717) is 15.7 Å². The lowest BCUT2D eigenvalue weighted by molar-refractivity contribution is 0.199. The molecule has 0 unspecified atom stereocenters. The summed E-state index contributed by atoms with van der Waals surface area (Å²) in [5, 5.41) is 9.91. The van der Waals surface area contributed by atoms with Crippen LogP contribution in [0.15, 0.2) is 12.3 Å². The number of aliphatic hydroxyl groups is 1. The second-order valence-corrected chi connectivity index (χ2v) is 3.00. The van der Waals surface area contributed by atoms with Crippen molar-refractivity contribution in [2.75, 3.05) is 0 Å². The summed E-state index contributed by atoms with van der Waals surface area (Å²) in [5.41, 5.74) is 0.594. The van der Waals surface area contributed by atoms with Crippen molar-refractivity contribution >= 4 is 23.2 Å². The van der Waals surface area contributed by atoms with Gasteiger partial charge in [0.05, 0.1) is 11.1 Å². The Bertz CT molecular complexity index is 263. The average Bonchev–Trinajstić information content (AvgIpc) is 1.85. The topological polar surface area (TPSA) is 33.1 Å². The maximum absolute atomic E-state index is 9.13. The smallest absolute Gasteiger partial charge is 0.130 e. The molecule has 1 N–H and O–H groups in total. The second-order valence-electron chi connectivity index (χ2n) is 2.20. The van der Waals surface area contributed by atoms with E-state index < -0.39 is 6.10 Å². The number of halogens is 2. The van der Waals surface area contributed by atoms with Crippen LogP contribution in [0.25, 0.3) is 0 Å². The monoisotopic (exact) mass is 191 g/mol. The predicted octanol–water partition coefficient (Wildman–Crippen LogP) is 2.44. The standard InChI is InChI=1S/C7H7Cl2NO/c1-4(11)5-3-10-7(9)2-6(5)8/h2-4,11H,1H3/t4-/m0/s1. The van der Waals surface area contributed by atoms with Crippen molar-refractivity contribution in [2.45, 2.75) is 13.0 Å². The molecular formula is C7H7Cl2NO. The number of aromatic nitrogens is 1. The van der Waals surface area contributed by atoms with Gasteiger partial charge >= 0.3 is 0 Å². The van der Waals surface area contributed by atoms with Gasteiger partial charge in [-0.15, -0.1) is 0 Å². The van der Waals surface area contributed by atoms with Crippen LogP contribution in [0.5, 0.6) is 0 Å². The van der Waals surface area contributed by atoms with Gasteiger partial charge in [0.1, 0.15) is 5.15 Å². The molecule has 0 bridgehead atoms. The molecular weight excluding hydrogens is 185 g/mol. The van der Waals surface area contributed by atoms with Crippen LogP contribution in [0.2, 0.25) is 10.2 Å². The molecule has 2 nitrogen and oxygen atoms in total. The van der Waals surface area contributed by atoms with Gasteiger partial charge < -0.3 is 5.11 Å². The van der Waals surface area contributed by atoms with E-state index in [9.17, 15) is 0 Å². The fourth-order valence-corrected chi connectivity index (χ4v) is 1.25. The zero-order valence-corrected chi connectivity index (χ0v) is 7.39. The van der Waals surface area contributed by atoms with Gasteiger partial charge in [0, 0.05) is 11.8 Å². The van der Waals surface area contributed by atoms with E-state index in [2.05, 4.69) is 4.98 Å². The van der Waals surface area contributed by atoms with Gasteiger partial charge in [0.2, 0.25) is 0 Å². The minimum Gasteiger partial charge on any atom is -0.389 e. The van der Waals surface area contributed by atoms with Gasteiger partial charge in [-0.1, -0.05) is 23.2 Å². The van der Waals surface area contributed by atoms with Crippen LogP contribution in [-0.2, 0) is 0 Å². The largest absolute Gasteiger partial charge is 0.389 e. The molecule has 1 aromatic heterocycles. The van der Waals surface area contributed by atoms with Crippen molar-refractivity contribution in [3.05, 3.63) is 28.0 Å². The Labute approximate surface area is 74.8 Å². The number of hydrogen-bond donors (Lipinski definition) is 1. The molecule has 0 amide bonds. The third-order valence-electron chi connectivity index (χ3n) is 1.30. The Morgan fingerprint density at radius 3 is 2.64 bits per heavy atom. The molecule has 0 saturated heterocycles. The van der Waals surface area contributed by atoms with E-state index in [1.54, 1.807) is 6.92 Å². The zero-order valence-electron chi connectivity index (χ0n) is 5.88. The van der Waals surface area contributed by atoms with Gasteiger partial charge in [-0.3, -0.25) is 0 Å². The van der Waals surface area contributed by atoms with E-state index in [-0.39, 0.29) is 0 Å². The SMILES string of the molecule is C[C@H](O)c1cnc(Cl)cc1Cl. The molecule has 0 spiro atoms. The van der Waals surface area contributed by atoms with Crippen LogP contribution in [-0.4, -0.2) is 10.1 Å². The fourth-order valence-electron chi connectivity index (χ4n) is 0.725. The normalized spacial score (nSPS) is 13.1. The zero-order chi connectivity index (χ0) is 8.43. The van der Waals surface area contributed by atoms with Gasteiger partial charge in [-0.05, 0) is 13.0 Å². The van der Waals surface area contributed by atoms with E-state index >= 15 is 0 Å². The Balaban J connectivity index is 3.09. The number of rotatable bonds is 1. The van der Waals surface area contributed by atoms with Crippen LogP contribution in [0, 0.1) is 0 Å². The molecule has 1 rings (SSSR count). The third kappa shape index (κ3) is 2.06. The summed E-state index contributed by atoms with van der Waals surface area (Å²) in [7, 11) is 0. The van der Waals surface area contributed by atoms with Crippen molar-refractivity contribution in [3.63, 3.8) is 0 Å². The first-order valence-electron chi connectivity index (χ1n) is 3.10. The number of pyridine rings is 1. The van der Waals surface area contributed by atoms with E-state index in [4.69, 9.17) is 28.3 Å². The first-order valence-corrected chi connectivity index (χ1v) is 3.86. The lowest BCUT2D eigenvalue weighted by Crippen LogP contribution is -1.93. The molecule has 0 radical (unpaired) electrons. The van der Waals surface area contributed by atoms with Gasteiger partial charge in [-0.2, -0.15) is 0 Å². The second kappa shape index (κ2) is 3.39. The lowest BCUT2D eigenvalue weighted by Gasteiger charge is -2.05. The molecule has 11 heavy (non-hydrogen) atoms. The molecule has 0 fully saturated rings. The van der Waals surface area contributed by atoms with Crippen molar-refractivity contribution in [2.24, 2.45) is 0 Å². The molecule has 0 aromatic carbocycles. The number of nitrogens with zero attached hydrogens (tertiary/aromatic N) is 1. The van der Waals surface area contributed by atoms with E-state index in [1.807, 2.05) is 0 Å². The van der Waals surface area contributed by atoms with Crippen LogP contribution >= 0.6 is 23.2 Å². The highest BCUT2D eigenvalue weighted by Gasteiger charge is 2.06. The summed E-state index contributed by atoms with van der Waals surface area (Å²) < 4.78 is 0. The minimum atomic E-state index is -0.604. The van der Waals surface area contributed by atoms with E-state index in [0.717, 1.165) is 0 Å². The quantitative estimate of drug-likeness (QED) is 0.693. The Morgan fingerprint density at radius 1 is 1.55 bits per heavy atom. The van der Waals surface area contributed by atoms with Gasteiger partial charge in [0.25, 0.3) is 0 Å². The van der Waals surface area contributed by atoms with Crippen molar-refractivity contribution in [1.29, 1.82) is 0 Å². The lowest BCUT2D eigenvalue weighted by atomic mass is 10.2. The third-order valence-corrected chi connectivity index (χ3v) is 1.83. The number of hydrogen-bond acceptors (Lipinski definition) is 2. The maximum atomic E-state index is 9.13. The summed E-state index contributed by atoms with van der Waals surface area (Å²) in [6.45, 7) is 1.62. The molecule has 60 valence electrons. The Morgan fingerprint density at radius 2 is 2.18 bits per heavy atom. The fraction of sp³-hybridized carbons (Fsp3) is 0.286. The molecule has 0 aliphatic heterocycles. The van der Waals surface area contributed by atoms with Crippen molar-refractivity contribution in [1.82, 2.24) is 4.98 Å². The highest BCUT2D eigenvalue weighted by atomic mass is 35.5. The van der Waals surface area contributed by atoms with Crippen LogP contribution in [0.1, 0.15) is 18.6 Å². The molecule has 4 heteroatoms. The van der Waals surface area contributed by atoms with Crippen molar-refractivity contribution in [3.8, 4) is 0 Å². The molecule has 0 aliphatic rings. The summed E-state index contributed by atoms with van der Waals surface area (Å²) >= 11 is 11.3. The first-order chi connectivity index (χ1) is 5.11. The van der Waals surface area contributed by atoms with Gasteiger partial charge in [-0.25, -0.2) is 4.98 Å². The summed E-state index contributed by atoms with van der Waals surface area (Å²) in [5.74, 6) is 0. The Hall–Kier alpha value is -0.310. The summed E-state index contributed by atoms with van der Waals surface area (Å²) in [6.07, 6.45) is 0.863. The molecule has 0 aliphatic carbocycles. The average molecular weight is 192 g/mol. The highest BCUT2D eigenvalue weighted by Crippen LogP contribution is 2.23. The van der Waals surface area contributed by atoms with Crippen LogP contribution < -0.4 is 0 Å². The summed E-state index contributed by atoms with van der Waals surface area (Å²) in [4.78, 5) is 3.78. The van der Waals surface area contributed by atoms with Crippen molar-refractivity contribution < 1.29 is 5.11 Å². The maximum Gasteiger partial charge on any atom is 0.130 e. The molecule has 1 heterocycles. The first kappa shape index (κ1) is 8.78.